The van der Waals surface area contributed by atoms with Gasteiger partial charge in [-0.2, -0.15) is 0 Å². The van der Waals surface area contributed by atoms with Crippen LogP contribution in [0.25, 0.3) is 0 Å². The standard InChI is InChI=1S/C17H30N4/c1-6-15-19-16(18-7-2)13(4)17(20-15)21(5)14-11-9-8-10-12(14)3/h12,14H,6-11H2,1-5H3,(H,18,19,20). The normalized spacial score (nSPS) is 22.1. The van der Waals surface area contributed by atoms with Gasteiger partial charge in [-0.15, -0.1) is 0 Å². The second kappa shape index (κ2) is 7.10. The van der Waals surface area contributed by atoms with E-state index in [-0.39, 0.29) is 0 Å². The summed E-state index contributed by atoms with van der Waals surface area (Å²) in [5.74, 6) is 3.78. The molecule has 1 fully saturated rings. The van der Waals surface area contributed by atoms with Gasteiger partial charge in [-0.25, -0.2) is 9.97 Å². The van der Waals surface area contributed by atoms with Gasteiger partial charge in [0.05, 0.1) is 0 Å². The maximum absolute atomic E-state index is 4.82. The fourth-order valence-electron chi connectivity index (χ4n) is 3.42. The molecule has 0 radical (unpaired) electrons. The molecule has 1 saturated carbocycles. The fraction of sp³-hybridized carbons (Fsp3) is 0.765. The lowest BCUT2D eigenvalue weighted by Crippen LogP contribution is -2.40. The number of hydrogen-bond donors (Lipinski definition) is 1. The third kappa shape index (κ3) is 3.47. The van der Waals surface area contributed by atoms with E-state index in [0.717, 1.165) is 36.3 Å². The molecule has 1 N–H and O–H groups in total. The molecule has 1 aliphatic carbocycles. The Kier molecular flexibility index (Phi) is 5.43. The van der Waals surface area contributed by atoms with E-state index in [1.54, 1.807) is 0 Å². The highest BCUT2D eigenvalue weighted by Crippen LogP contribution is 2.32. The quantitative estimate of drug-likeness (QED) is 0.895. The number of hydrogen-bond acceptors (Lipinski definition) is 4. The summed E-state index contributed by atoms with van der Waals surface area (Å²) in [6.45, 7) is 9.64. The predicted molar refractivity (Wildman–Crippen MR) is 90.1 cm³/mol. The van der Waals surface area contributed by atoms with Gasteiger partial charge in [-0.1, -0.05) is 26.7 Å². The van der Waals surface area contributed by atoms with Crippen LogP contribution in [-0.4, -0.2) is 29.6 Å². The molecule has 0 aromatic carbocycles. The Balaban J connectivity index is 2.34. The van der Waals surface area contributed by atoms with Crippen LogP contribution in [0.1, 0.15) is 57.8 Å². The minimum Gasteiger partial charge on any atom is -0.370 e. The highest BCUT2D eigenvalue weighted by molar-refractivity contribution is 5.59. The molecule has 1 aromatic rings. The first-order valence-corrected chi connectivity index (χ1v) is 8.42. The molecule has 1 aromatic heterocycles. The van der Waals surface area contributed by atoms with E-state index >= 15 is 0 Å². The monoisotopic (exact) mass is 290 g/mol. The van der Waals surface area contributed by atoms with Gasteiger partial charge in [0.25, 0.3) is 0 Å². The molecule has 4 heteroatoms. The van der Waals surface area contributed by atoms with E-state index in [1.807, 2.05) is 0 Å². The average molecular weight is 290 g/mol. The zero-order valence-electron chi connectivity index (χ0n) is 14.2. The Hall–Kier alpha value is -1.32. The highest BCUT2D eigenvalue weighted by Gasteiger charge is 2.27. The maximum atomic E-state index is 4.82. The van der Waals surface area contributed by atoms with Gasteiger partial charge in [0.15, 0.2) is 0 Å². The lowest BCUT2D eigenvalue weighted by Gasteiger charge is -2.37. The third-order valence-corrected chi connectivity index (χ3v) is 4.72. The number of nitrogens with zero attached hydrogens (tertiary/aromatic N) is 3. The summed E-state index contributed by atoms with van der Waals surface area (Å²) >= 11 is 0. The SMILES string of the molecule is CCNc1nc(CC)nc(N(C)C2CCCCC2C)c1C. The van der Waals surface area contributed by atoms with Crippen molar-refractivity contribution in [1.82, 2.24) is 9.97 Å². The second-order valence-corrected chi connectivity index (χ2v) is 6.26. The molecule has 0 bridgehead atoms. The van der Waals surface area contributed by atoms with Crippen LogP contribution < -0.4 is 10.2 Å². The minimum absolute atomic E-state index is 0.603. The van der Waals surface area contributed by atoms with E-state index in [0.29, 0.717) is 6.04 Å². The number of nitrogens with one attached hydrogen (secondary N) is 1. The predicted octanol–water partition coefficient (Wildman–Crippen LogP) is 3.79. The molecular weight excluding hydrogens is 260 g/mol. The van der Waals surface area contributed by atoms with Crippen molar-refractivity contribution in [1.29, 1.82) is 0 Å². The maximum Gasteiger partial charge on any atom is 0.137 e. The topological polar surface area (TPSA) is 41.1 Å². The molecule has 0 saturated heterocycles. The molecule has 1 aliphatic rings. The largest absolute Gasteiger partial charge is 0.370 e. The first kappa shape index (κ1) is 16.1. The highest BCUT2D eigenvalue weighted by atomic mass is 15.2. The van der Waals surface area contributed by atoms with Crippen molar-refractivity contribution < 1.29 is 0 Å². The summed E-state index contributed by atoms with van der Waals surface area (Å²) in [4.78, 5) is 11.9. The Labute approximate surface area is 129 Å². The van der Waals surface area contributed by atoms with Crippen molar-refractivity contribution in [2.24, 2.45) is 5.92 Å². The van der Waals surface area contributed by atoms with Crippen molar-refractivity contribution in [2.45, 2.75) is 65.8 Å². The van der Waals surface area contributed by atoms with Gasteiger partial charge in [0, 0.05) is 31.6 Å². The minimum atomic E-state index is 0.603. The Morgan fingerprint density at radius 2 is 1.90 bits per heavy atom. The molecule has 2 unspecified atom stereocenters. The summed E-state index contributed by atoms with van der Waals surface area (Å²) in [6.07, 6.45) is 6.19. The lowest BCUT2D eigenvalue weighted by molar-refractivity contribution is 0.320. The molecule has 0 aliphatic heterocycles. The van der Waals surface area contributed by atoms with E-state index in [2.05, 4.69) is 49.9 Å². The summed E-state index contributed by atoms with van der Waals surface area (Å²) in [5, 5.41) is 3.38. The van der Waals surface area contributed by atoms with E-state index < -0.39 is 0 Å². The first-order valence-electron chi connectivity index (χ1n) is 8.42. The van der Waals surface area contributed by atoms with Crippen molar-refractivity contribution in [3.63, 3.8) is 0 Å². The first-order chi connectivity index (χ1) is 10.1. The molecule has 2 atom stereocenters. The van der Waals surface area contributed by atoms with E-state index in [9.17, 15) is 0 Å². The molecular formula is C17H30N4. The Morgan fingerprint density at radius 1 is 1.19 bits per heavy atom. The van der Waals surface area contributed by atoms with Gasteiger partial charge in [0.2, 0.25) is 0 Å². The molecule has 2 rings (SSSR count). The fourth-order valence-corrected chi connectivity index (χ4v) is 3.42. The number of anilines is 2. The zero-order valence-corrected chi connectivity index (χ0v) is 14.2. The molecule has 21 heavy (non-hydrogen) atoms. The van der Waals surface area contributed by atoms with Crippen molar-refractivity contribution >= 4 is 11.6 Å². The summed E-state index contributed by atoms with van der Waals surface area (Å²) < 4.78 is 0. The number of aryl methyl sites for hydroxylation is 1. The van der Waals surface area contributed by atoms with Crippen molar-refractivity contribution in [3.05, 3.63) is 11.4 Å². The Morgan fingerprint density at radius 3 is 2.52 bits per heavy atom. The van der Waals surface area contributed by atoms with Crippen molar-refractivity contribution in [3.8, 4) is 0 Å². The van der Waals surface area contributed by atoms with Crippen LogP contribution in [0.15, 0.2) is 0 Å². The summed E-state index contributed by atoms with van der Waals surface area (Å²) in [6, 6.07) is 0.603. The average Bonchev–Trinajstić information content (AvgIpc) is 2.49. The molecule has 4 nitrogen and oxygen atoms in total. The zero-order chi connectivity index (χ0) is 15.4. The van der Waals surface area contributed by atoms with Gasteiger partial charge in [0.1, 0.15) is 17.5 Å². The second-order valence-electron chi connectivity index (χ2n) is 6.26. The molecule has 1 heterocycles. The molecule has 118 valence electrons. The lowest BCUT2D eigenvalue weighted by atomic mass is 9.85. The van der Waals surface area contributed by atoms with Crippen LogP contribution in [-0.2, 0) is 6.42 Å². The Bertz CT molecular complexity index is 472. The van der Waals surface area contributed by atoms with Gasteiger partial charge in [-0.3, -0.25) is 0 Å². The van der Waals surface area contributed by atoms with Crippen LogP contribution in [0.4, 0.5) is 11.6 Å². The van der Waals surface area contributed by atoms with Crippen LogP contribution in [0.2, 0.25) is 0 Å². The van der Waals surface area contributed by atoms with E-state index in [4.69, 9.17) is 4.98 Å². The molecule has 0 amide bonds. The van der Waals surface area contributed by atoms with E-state index in [1.165, 1.54) is 31.2 Å². The van der Waals surface area contributed by atoms with Crippen LogP contribution in [0.3, 0.4) is 0 Å². The van der Waals surface area contributed by atoms with Gasteiger partial charge in [-0.05, 0) is 32.6 Å². The summed E-state index contributed by atoms with van der Waals surface area (Å²) in [5.41, 5.74) is 1.18. The molecule has 0 spiro atoms. The third-order valence-electron chi connectivity index (χ3n) is 4.72. The summed E-state index contributed by atoms with van der Waals surface area (Å²) in [7, 11) is 2.21. The smallest absolute Gasteiger partial charge is 0.137 e. The number of rotatable bonds is 5. The number of aromatic nitrogens is 2. The van der Waals surface area contributed by atoms with Crippen molar-refractivity contribution in [2.75, 3.05) is 23.8 Å². The van der Waals surface area contributed by atoms with Gasteiger partial charge < -0.3 is 10.2 Å². The van der Waals surface area contributed by atoms with Gasteiger partial charge >= 0.3 is 0 Å². The van der Waals surface area contributed by atoms with Crippen LogP contribution >= 0.6 is 0 Å². The van der Waals surface area contributed by atoms with Crippen LogP contribution in [0, 0.1) is 12.8 Å². The van der Waals surface area contributed by atoms with Crippen LogP contribution in [0.5, 0.6) is 0 Å².